The Bertz CT molecular complexity index is 900. The molecule has 2 aromatic rings. The van der Waals surface area contributed by atoms with Crippen molar-refractivity contribution in [3.63, 3.8) is 0 Å². The molecule has 0 amide bonds. The van der Waals surface area contributed by atoms with Gasteiger partial charge in [0, 0.05) is 10.5 Å². The van der Waals surface area contributed by atoms with E-state index < -0.39 is 27.6 Å². The minimum absolute atomic E-state index is 0.178. The third kappa shape index (κ3) is 3.67. The molecule has 0 saturated heterocycles. The van der Waals surface area contributed by atoms with Crippen LogP contribution in [0.4, 0.5) is 14.5 Å². The molecule has 0 fully saturated rings. The van der Waals surface area contributed by atoms with Crippen LogP contribution in [-0.2, 0) is 10.0 Å². The SMILES string of the molecule is Cc1cc(C(=O)O)cc(S(=O)(=O)Nc2ccc(F)c(F)c2)c1Br. The molecule has 122 valence electrons. The molecule has 0 radical (unpaired) electrons. The lowest BCUT2D eigenvalue weighted by Gasteiger charge is -2.12. The van der Waals surface area contributed by atoms with E-state index in [0.29, 0.717) is 11.6 Å². The standard InChI is InChI=1S/C14H10BrF2NO4S/c1-7-4-8(14(19)20)5-12(13(7)15)23(21,22)18-9-2-3-10(16)11(17)6-9/h2-6,18H,1H3,(H,19,20). The van der Waals surface area contributed by atoms with Gasteiger partial charge in [0.25, 0.3) is 10.0 Å². The molecular weight excluding hydrogens is 396 g/mol. The Morgan fingerprint density at radius 3 is 2.39 bits per heavy atom. The summed E-state index contributed by atoms with van der Waals surface area (Å²) in [5.74, 6) is -3.61. The number of halogens is 3. The molecule has 9 heteroatoms. The topological polar surface area (TPSA) is 83.5 Å². The number of hydrogen-bond acceptors (Lipinski definition) is 3. The molecule has 0 bridgehead atoms. The minimum Gasteiger partial charge on any atom is -0.478 e. The van der Waals surface area contributed by atoms with E-state index in [1.165, 1.54) is 13.0 Å². The van der Waals surface area contributed by atoms with Crippen LogP contribution >= 0.6 is 15.9 Å². The van der Waals surface area contributed by atoms with Gasteiger partial charge in [-0.05, 0) is 52.7 Å². The zero-order valence-electron chi connectivity index (χ0n) is 11.6. The molecule has 0 atom stereocenters. The summed E-state index contributed by atoms with van der Waals surface area (Å²) in [5.41, 5.74) is 0.00102. The van der Waals surface area contributed by atoms with Gasteiger partial charge in [-0.15, -0.1) is 0 Å². The maximum atomic E-state index is 13.2. The molecule has 23 heavy (non-hydrogen) atoms. The van der Waals surface area contributed by atoms with Crippen LogP contribution in [0, 0.1) is 18.6 Å². The average Bonchev–Trinajstić information content (AvgIpc) is 2.45. The highest BCUT2D eigenvalue weighted by Gasteiger charge is 2.22. The van der Waals surface area contributed by atoms with Gasteiger partial charge in [-0.1, -0.05) is 0 Å². The first kappa shape index (κ1) is 17.4. The highest BCUT2D eigenvalue weighted by Crippen LogP contribution is 2.29. The predicted octanol–water partition coefficient (Wildman–Crippen LogP) is 3.53. The summed E-state index contributed by atoms with van der Waals surface area (Å²) in [4.78, 5) is 10.7. The molecule has 0 aliphatic heterocycles. The van der Waals surface area contributed by atoms with Crippen molar-refractivity contribution < 1.29 is 27.1 Å². The number of rotatable bonds is 4. The van der Waals surface area contributed by atoms with Crippen LogP contribution in [0.5, 0.6) is 0 Å². The smallest absolute Gasteiger partial charge is 0.335 e. The fraction of sp³-hybridized carbons (Fsp3) is 0.0714. The lowest BCUT2D eigenvalue weighted by molar-refractivity contribution is 0.0696. The first-order valence-electron chi connectivity index (χ1n) is 6.13. The Labute approximate surface area is 139 Å². The van der Waals surface area contributed by atoms with Crippen LogP contribution in [0.3, 0.4) is 0 Å². The second kappa shape index (κ2) is 6.25. The van der Waals surface area contributed by atoms with Crippen LogP contribution in [-0.4, -0.2) is 19.5 Å². The molecule has 5 nitrogen and oxygen atoms in total. The van der Waals surface area contributed by atoms with Gasteiger partial charge in [0.05, 0.1) is 11.3 Å². The molecule has 2 aromatic carbocycles. The molecule has 0 aliphatic rings. The van der Waals surface area contributed by atoms with Crippen molar-refractivity contribution in [1.82, 2.24) is 0 Å². The Kier molecular flexibility index (Phi) is 4.71. The Morgan fingerprint density at radius 1 is 1.17 bits per heavy atom. The first-order valence-corrected chi connectivity index (χ1v) is 8.41. The maximum Gasteiger partial charge on any atom is 0.335 e. The lowest BCUT2D eigenvalue weighted by Crippen LogP contribution is -2.15. The number of aryl methyl sites for hydroxylation is 1. The zero-order chi connectivity index (χ0) is 17.4. The van der Waals surface area contributed by atoms with Gasteiger partial charge in [0.1, 0.15) is 4.90 Å². The normalized spacial score (nSPS) is 11.3. The largest absolute Gasteiger partial charge is 0.478 e. The molecule has 2 N–H and O–H groups in total. The third-order valence-corrected chi connectivity index (χ3v) is 5.65. The van der Waals surface area contributed by atoms with E-state index in [9.17, 15) is 22.0 Å². The van der Waals surface area contributed by atoms with Gasteiger partial charge in [0.15, 0.2) is 11.6 Å². The number of hydrogen-bond donors (Lipinski definition) is 2. The quantitative estimate of drug-likeness (QED) is 0.814. The maximum absolute atomic E-state index is 13.2. The van der Waals surface area contributed by atoms with E-state index in [1.807, 2.05) is 0 Å². The van der Waals surface area contributed by atoms with E-state index in [-0.39, 0.29) is 20.6 Å². The van der Waals surface area contributed by atoms with Gasteiger partial charge >= 0.3 is 5.97 Å². The summed E-state index contributed by atoms with van der Waals surface area (Å²) in [6.45, 7) is 1.53. The van der Waals surface area contributed by atoms with Crippen LogP contribution in [0.15, 0.2) is 39.7 Å². The Hall–Kier alpha value is -2.00. The van der Waals surface area contributed by atoms with Gasteiger partial charge in [0.2, 0.25) is 0 Å². The summed E-state index contributed by atoms with van der Waals surface area (Å²) in [6, 6.07) is 4.80. The minimum atomic E-state index is -4.20. The van der Waals surface area contributed by atoms with E-state index in [0.717, 1.165) is 18.2 Å². The molecule has 0 unspecified atom stereocenters. The number of aromatic carboxylic acids is 1. The van der Waals surface area contributed by atoms with E-state index >= 15 is 0 Å². The van der Waals surface area contributed by atoms with Crippen molar-refractivity contribution in [3.05, 3.63) is 57.6 Å². The van der Waals surface area contributed by atoms with E-state index in [4.69, 9.17) is 5.11 Å². The molecule has 2 rings (SSSR count). The van der Waals surface area contributed by atoms with Crippen molar-refractivity contribution in [2.24, 2.45) is 0 Å². The molecule has 0 spiro atoms. The number of carboxylic acids is 1. The highest BCUT2D eigenvalue weighted by atomic mass is 79.9. The molecular formula is C14H10BrF2NO4S. The summed E-state index contributed by atoms with van der Waals surface area (Å²) < 4.78 is 53.1. The summed E-state index contributed by atoms with van der Waals surface area (Å²) >= 11 is 3.09. The van der Waals surface area contributed by atoms with E-state index in [2.05, 4.69) is 20.7 Å². The summed E-state index contributed by atoms with van der Waals surface area (Å²) in [5, 5.41) is 9.03. The molecule has 0 saturated carbocycles. The van der Waals surface area contributed by atoms with Crippen LogP contribution in [0.25, 0.3) is 0 Å². The average molecular weight is 406 g/mol. The second-order valence-corrected chi connectivity index (χ2v) is 7.09. The number of carbonyl (C=O) groups is 1. The fourth-order valence-corrected chi connectivity index (χ4v) is 3.92. The number of benzene rings is 2. The zero-order valence-corrected chi connectivity index (χ0v) is 14.0. The Morgan fingerprint density at radius 2 is 1.83 bits per heavy atom. The monoisotopic (exact) mass is 405 g/mol. The summed E-state index contributed by atoms with van der Waals surface area (Å²) in [7, 11) is -4.20. The second-order valence-electron chi connectivity index (χ2n) is 4.64. The van der Waals surface area contributed by atoms with Crippen molar-refractivity contribution >= 4 is 37.6 Å². The summed E-state index contributed by atoms with van der Waals surface area (Å²) in [6.07, 6.45) is 0. The fourth-order valence-electron chi connectivity index (χ4n) is 1.83. The number of nitrogens with one attached hydrogen (secondary N) is 1. The van der Waals surface area contributed by atoms with Gasteiger partial charge in [-0.25, -0.2) is 22.0 Å². The Balaban J connectivity index is 2.51. The van der Waals surface area contributed by atoms with Gasteiger partial charge in [-0.3, -0.25) is 4.72 Å². The highest BCUT2D eigenvalue weighted by molar-refractivity contribution is 9.10. The first-order chi connectivity index (χ1) is 10.6. The van der Waals surface area contributed by atoms with Crippen LogP contribution < -0.4 is 4.72 Å². The number of anilines is 1. The van der Waals surface area contributed by atoms with Gasteiger partial charge in [-0.2, -0.15) is 0 Å². The molecule has 0 aromatic heterocycles. The third-order valence-electron chi connectivity index (χ3n) is 2.93. The van der Waals surface area contributed by atoms with Crippen molar-refractivity contribution in [3.8, 4) is 0 Å². The van der Waals surface area contributed by atoms with Crippen molar-refractivity contribution in [2.75, 3.05) is 4.72 Å². The molecule has 0 aliphatic carbocycles. The van der Waals surface area contributed by atoms with Crippen molar-refractivity contribution in [2.45, 2.75) is 11.8 Å². The predicted molar refractivity (Wildman–Crippen MR) is 83.0 cm³/mol. The lowest BCUT2D eigenvalue weighted by atomic mass is 10.1. The van der Waals surface area contributed by atoms with Crippen LogP contribution in [0.2, 0.25) is 0 Å². The number of carboxylic acid groups (broad SMARTS) is 1. The number of sulfonamides is 1. The van der Waals surface area contributed by atoms with Gasteiger partial charge < -0.3 is 5.11 Å². The molecule has 0 heterocycles. The van der Waals surface area contributed by atoms with E-state index in [1.54, 1.807) is 0 Å². The van der Waals surface area contributed by atoms with Crippen LogP contribution in [0.1, 0.15) is 15.9 Å². The van der Waals surface area contributed by atoms with Crippen molar-refractivity contribution in [1.29, 1.82) is 0 Å².